The van der Waals surface area contributed by atoms with E-state index in [4.69, 9.17) is 0 Å². The third-order valence-electron chi connectivity index (χ3n) is 15.0. The molecule has 0 aliphatic rings. The van der Waals surface area contributed by atoms with Gasteiger partial charge < -0.3 is 0 Å². The van der Waals surface area contributed by atoms with Crippen molar-refractivity contribution < 1.29 is 8.78 Å². The molecule has 0 saturated heterocycles. The van der Waals surface area contributed by atoms with Gasteiger partial charge >= 0.3 is 0 Å². The topological polar surface area (TPSA) is 0 Å². The van der Waals surface area contributed by atoms with Gasteiger partial charge in [0.05, 0.1) is 0 Å². The number of rotatable bonds is 8. The second-order valence-corrected chi connectivity index (χ2v) is 20.2. The van der Waals surface area contributed by atoms with Crippen LogP contribution < -0.4 is 32.8 Å². The first kappa shape index (κ1) is 45.0. The van der Waals surface area contributed by atoms with Gasteiger partial charge in [0.2, 0.25) is 13.4 Å². The van der Waals surface area contributed by atoms with E-state index in [1.54, 1.807) is 24.3 Å². The van der Waals surface area contributed by atoms with Gasteiger partial charge in [-0.15, -0.1) is 0 Å². The van der Waals surface area contributed by atoms with Crippen molar-refractivity contribution >= 4 is 78.5 Å². The Labute approximate surface area is 402 Å². The highest BCUT2D eigenvalue weighted by atomic mass is 19.1. The highest BCUT2D eigenvalue weighted by Gasteiger charge is 2.35. The van der Waals surface area contributed by atoms with Gasteiger partial charge in [-0.05, 0) is 139 Å². The quantitative estimate of drug-likeness (QED) is 0.105. The van der Waals surface area contributed by atoms with Crippen LogP contribution >= 0.6 is 0 Å². The van der Waals surface area contributed by atoms with Gasteiger partial charge in [0.15, 0.2) is 0 Å². The Bertz CT molecular complexity index is 3240. The summed E-state index contributed by atoms with van der Waals surface area (Å²) < 4.78 is 33.3. The molecule has 10 aromatic carbocycles. The Kier molecular flexibility index (Phi) is 11.3. The van der Waals surface area contributed by atoms with E-state index >= 15 is 8.78 Å². The maximum atomic E-state index is 16.7. The molecule has 0 aromatic heterocycles. The number of hydrogen-bond donors (Lipinski definition) is 0. The van der Waals surface area contributed by atoms with Crippen molar-refractivity contribution in [3.05, 3.63) is 212 Å². The summed E-state index contributed by atoms with van der Waals surface area (Å²) in [6, 6.07) is 46.5. The van der Waals surface area contributed by atoms with Crippen molar-refractivity contribution in [1.29, 1.82) is 0 Å². The Morgan fingerprint density at radius 1 is 0.279 bits per heavy atom. The van der Waals surface area contributed by atoms with Gasteiger partial charge in [-0.2, -0.15) is 0 Å². The second kappa shape index (κ2) is 17.1. The highest BCUT2D eigenvalue weighted by Crippen LogP contribution is 2.43. The zero-order valence-corrected chi connectivity index (χ0v) is 41.6. The molecule has 0 N–H and O–H groups in total. The molecule has 10 aromatic rings. The molecule has 68 heavy (non-hydrogen) atoms. The molecular formula is C64H58B2F2. The van der Waals surface area contributed by atoms with Crippen molar-refractivity contribution in [2.24, 2.45) is 0 Å². The summed E-state index contributed by atoms with van der Waals surface area (Å²) in [7, 11) is 0. The average Bonchev–Trinajstić information content (AvgIpc) is 3.26. The van der Waals surface area contributed by atoms with Crippen LogP contribution in [0.25, 0.3) is 54.6 Å². The van der Waals surface area contributed by atoms with E-state index in [-0.39, 0.29) is 25.1 Å². The van der Waals surface area contributed by atoms with Gasteiger partial charge in [0.1, 0.15) is 11.6 Å². The third-order valence-corrected chi connectivity index (χ3v) is 15.0. The van der Waals surface area contributed by atoms with E-state index in [0.29, 0.717) is 11.1 Å². The predicted octanol–water partition coefficient (Wildman–Crippen LogP) is 12.9. The van der Waals surface area contributed by atoms with Crippen LogP contribution in [0.5, 0.6) is 0 Å². The lowest BCUT2D eigenvalue weighted by Crippen LogP contribution is -2.56. The Morgan fingerprint density at radius 2 is 0.529 bits per heavy atom. The molecule has 0 aliphatic heterocycles. The number of benzene rings is 10. The largest absolute Gasteiger partial charge is 0.243 e. The fraction of sp³-hybridized carbons (Fsp3) is 0.188. The van der Waals surface area contributed by atoms with Crippen molar-refractivity contribution in [2.75, 3.05) is 0 Å². The van der Waals surface area contributed by atoms with Gasteiger partial charge in [-0.25, -0.2) is 8.78 Å². The first-order valence-electron chi connectivity index (χ1n) is 24.1. The highest BCUT2D eigenvalue weighted by molar-refractivity contribution is 6.99. The van der Waals surface area contributed by atoms with Crippen molar-refractivity contribution in [1.82, 2.24) is 0 Å². The van der Waals surface area contributed by atoms with E-state index < -0.39 is 0 Å². The first-order chi connectivity index (χ1) is 32.5. The fourth-order valence-electron chi connectivity index (χ4n) is 12.8. The van der Waals surface area contributed by atoms with Crippen LogP contribution in [0.2, 0.25) is 0 Å². The lowest BCUT2D eigenvalue weighted by atomic mass is 9.33. The molecule has 0 saturated carbocycles. The molecular weight excluding hydrogens is 828 g/mol. The minimum atomic E-state index is -0.265. The fourth-order valence-corrected chi connectivity index (χ4v) is 12.8. The summed E-state index contributed by atoms with van der Waals surface area (Å²) in [4.78, 5) is 0. The number of hydrogen-bond acceptors (Lipinski definition) is 0. The standard InChI is InChI=1S/C64H58B2F2/c1-35-25-39(5)61(40(6)26-35)65(62-41(7)27-36(2)28-42(62)8)55-33-53(47-17-13-15-19-57(47)67)49-22-24-52-56(34-54(48-18-14-16-20-58(48)68)50-21-23-51(55)59(49)60(50)52)66(63-43(9)29-37(3)30-44(63)10)64-45(11)31-38(4)32-46(64)12/h13-34H,1-12H3. The van der Waals surface area contributed by atoms with E-state index in [1.165, 1.54) is 88.6 Å². The minimum absolute atomic E-state index is 0.180. The lowest BCUT2D eigenvalue weighted by molar-refractivity contribution is 0.631. The summed E-state index contributed by atoms with van der Waals surface area (Å²) in [6.07, 6.45) is 0. The lowest BCUT2D eigenvalue weighted by Gasteiger charge is -2.29. The summed E-state index contributed by atoms with van der Waals surface area (Å²) in [5.41, 5.74) is 24.8. The molecule has 0 fully saturated rings. The normalized spacial score (nSPS) is 11.7. The molecule has 0 radical (unpaired) electrons. The molecule has 0 nitrogen and oxygen atoms in total. The second-order valence-electron chi connectivity index (χ2n) is 20.2. The van der Waals surface area contributed by atoms with Gasteiger partial charge in [-0.3, -0.25) is 0 Å². The zero-order valence-electron chi connectivity index (χ0n) is 41.6. The molecule has 0 heterocycles. The van der Waals surface area contributed by atoms with Crippen molar-refractivity contribution in [2.45, 2.75) is 83.1 Å². The van der Waals surface area contributed by atoms with Crippen molar-refractivity contribution in [3.63, 3.8) is 0 Å². The zero-order chi connectivity index (χ0) is 48.0. The molecule has 0 atom stereocenters. The molecule has 0 amide bonds. The number of halogens is 2. The minimum Gasteiger partial charge on any atom is -0.206 e. The summed E-state index contributed by atoms with van der Waals surface area (Å²) in [5.74, 6) is -0.530. The third kappa shape index (κ3) is 7.36. The van der Waals surface area contributed by atoms with Crippen LogP contribution in [0.4, 0.5) is 8.78 Å². The van der Waals surface area contributed by atoms with Crippen LogP contribution in [0, 0.1) is 94.7 Å². The molecule has 0 unspecified atom stereocenters. The predicted molar refractivity (Wildman–Crippen MR) is 293 cm³/mol. The van der Waals surface area contributed by atoms with Crippen LogP contribution in [0.1, 0.15) is 66.8 Å². The first-order valence-corrected chi connectivity index (χ1v) is 24.1. The molecule has 334 valence electrons. The molecule has 10 rings (SSSR count). The van der Waals surface area contributed by atoms with Crippen LogP contribution in [-0.4, -0.2) is 13.4 Å². The summed E-state index contributed by atoms with van der Waals surface area (Å²) in [6.45, 7) is 26.3. The summed E-state index contributed by atoms with van der Waals surface area (Å²) in [5, 5.41) is 6.30. The average molecular weight is 887 g/mol. The SMILES string of the molecule is Cc1cc(C)c(B(c2c(C)cc(C)cc2C)c2cc(-c3ccccc3F)c3ccc4c(B(c5c(C)cc(C)cc5C)c5c(C)cc(C)cc5C)cc(-c5ccccc5F)c5ccc2c3c45)c(C)c1. The van der Waals surface area contributed by atoms with E-state index in [1.807, 2.05) is 24.3 Å². The maximum Gasteiger partial charge on any atom is 0.243 e. The Morgan fingerprint density at radius 3 is 0.794 bits per heavy atom. The Hall–Kier alpha value is -6.77. The summed E-state index contributed by atoms with van der Waals surface area (Å²) >= 11 is 0. The molecule has 4 heteroatoms. The van der Waals surface area contributed by atoms with Crippen LogP contribution in [0.15, 0.2) is 133 Å². The van der Waals surface area contributed by atoms with Crippen LogP contribution in [0.3, 0.4) is 0 Å². The monoisotopic (exact) mass is 886 g/mol. The Balaban J connectivity index is 1.46. The maximum absolute atomic E-state index is 16.7. The number of aryl methyl sites for hydroxylation is 12. The van der Waals surface area contributed by atoms with Gasteiger partial charge in [0, 0.05) is 11.1 Å². The smallest absolute Gasteiger partial charge is 0.206 e. The molecule has 0 spiro atoms. The van der Waals surface area contributed by atoms with Gasteiger partial charge in [-0.1, -0.05) is 221 Å². The molecule has 0 bridgehead atoms. The molecule has 0 aliphatic carbocycles. The van der Waals surface area contributed by atoms with E-state index in [9.17, 15) is 0 Å². The van der Waals surface area contributed by atoms with Crippen molar-refractivity contribution in [3.8, 4) is 22.3 Å². The van der Waals surface area contributed by atoms with E-state index in [2.05, 4.69) is 168 Å². The van der Waals surface area contributed by atoms with Crippen LogP contribution in [-0.2, 0) is 0 Å². The van der Waals surface area contributed by atoms with E-state index in [0.717, 1.165) is 54.4 Å². The van der Waals surface area contributed by atoms with Gasteiger partial charge in [0.25, 0.3) is 0 Å².